The molecule has 11 heteroatoms. The van der Waals surface area contributed by atoms with Crippen LogP contribution in [0.3, 0.4) is 0 Å². The molecular weight excluding hydrogens is 517 g/mol. The van der Waals surface area contributed by atoms with Gasteiger partial charge < -0.3 is 30.1 Å². The molecule has 4 aliphatic rings. The summed E-state index contributed by atoms with van der Waals surface area (Å²) < 4.78 is 21.1. The van der Waals surface area contributed by atoms with Crippen LogP contribution in [0.4, 0.5) is 14.9 Å². The van der Waals surface area contributed by atoms with Crippen LogP contribution in [-0.4, -0.2) is 101 Å². The van der Waals surface area contributed by atoms with E-state index in [-0.39, 0.29) is 17.1 Å². The first-order chi connectivity index (χ1) is 19.0. The molecule has 1 aliphatic carbocycles. The molecule has 0 bridgehead atoms. The van der Waals surface area contributed by atoms with Crippen LogP contribution in [0.15, 0.2) is 18.2 Å². The van der Waals surface area contributed by atoms with Crippen LogP contribution in [0.5, 0.6) is 0 Å². The number of rotatable bonds is 4. The minimum atomic E-state index is -1.09. The number of nitrogens with zero attached hydrogens (tertiary/aromatic N) is 3. The Hall–Kier alpha value is -2.47. The molecule has 4 unspecified atom stereocenters. The maximum atomic E-state index is 15.6. The van der Waals surface area contributed by atoms with Crippen LogP contribution in [-0.2, 0) is 4.74 Å². The molecule has 1 spiro atoms. The van der Waals surface area contributed by atoms with E-state index in [0.29, 0.717) is 37.7 Å². The highest BCUT2D eigenvalue weighted by Gasteiger charge is 2.51. The highest BCUT2D eigenvalue weighted by Crippen LogP contribution is 2.52. The second-order valence-corrected chi connectivity index (χ2v) is 12.8. The third kappa shape index (κ3) is 6.07. The maximum Gasteiger partial charge on any atom is 0.410 e. The molecule has 4 atom stereocenters. The van der Waals surface area contributed by atoms with E-state index in [0.717, 1.165) is 45.4 Å². The summed E-state index contributed by atoms with van der Waals surface area (Å²) in [6, 6.07) is 4.74. The van der Waals surface area contributed by atoms with Gasteiger partial charge in [-0.1, -0.05) is 6.07 Å². The first-order valence-corrected chi connectivity index (χ1v) is 14.6. The number of aliphatic hydroxyl groups is 2. The van der Waals surface area contributed by atoms with Crippen molar-refractivity contribution in [2.24, 2.45) is 5.41 Å². The number of hydrogen-bond donors (Lipinski definition) is 4. The first kappa shape index (κ1) is 29.0. The Balaban J connectivity index is 1.15. The van der Waals surface area contributed by atoms with E-state index in [2.05, 4.69) is 15.5 Å². The molecule has 1 aromatic carbocycles. The second kappa shape index (κ2) is 11.4. The summed E-state index contributed by atoms with van der Waals surface area (Å²) in [5.41, 5.74) is 0.110. The van der Waals surface area contributed by atoms with E-state index in [1.165, 1.54) is 12.5 Å². The highest BCUT2D eigenvalue weighted by molar-refractivity contribution is 5.95. The molecule has 1 saturated carbocycles. The molecule has 4 fully saturated rings. The molecule has 3 heterocycles. The number of halogens is 1. The van der Waals surface area contributed by atoms with Crippen molar-refractivity contribution in [3.05, 3.63) is 29.6 Å². The van der Waals surface area contributed by atoms with Crippen molar-refractivity contribution in [1.82, 2.24) is 20.4 Å². The van der Waals surface area contributed by atoms with E-state index in [1.807, 2.05) is 30.6 Å². The Kier molecular flexibility index (Phi) is 8.29. The fourth-order valence-electron chi connectivity index (χ4n) is 6.80. The summed E-state index contributed by atoms with van der Waals surface area (Å²) in [6.07, 6.45) is 2.93. The SMILES string of the molecule is CC(C)(C)OC(=O)N1CCC2(CCC2N2CCN(c3cccc(C(=O)NC4CCC(O)NC4O)c3F)CC2)CC1. The molecule has 222 valence electrons. The number of nitrogens with one attached hydrogen (secondary N) is 2. The molecule has 5 rings (SSSR count). The van der Waals surface area contributed by atoms with Crippen LogP contribution in [0.1, 0.15) is 69.7 Å². The molecule has 0 radical (unpaired) electrons. The van der Waals surface area contributed by atoms with Crippen molar-refractivity contribution in [3.63, 3.8) is 0 Å². The monoisotopic (exact) mass is 561 g/mol. The van der Waals surface area contributed by atoms with Crippen LogP contribution in [0.25, 0.3) is 0 Å². The lowest BCUT2D eigenvalue weighted by atomic mass is 9.58. The summed E-state index contributed by atoms with van der Waals surface area (Å²) in [5.74, 6) is -1.13. The lowest BCUT2D eigenvalue weighted by Gasteiger charge is -2.58. The van der Waals surface area contributed by atoms with Crippen molar-refractivity contribution in [2.75, 3.05) is 44.2 Å². The van der Waals surface area contributed by atoms with Gasteiger partial charge in [-0.05, 0) is 76.8 Å². The molecular formula is C29H44FN5O5. The fraction of sp³-hybridized carbons (Fsp3) is 0.724. The number of hydrogen-bond acceptors (Lipinski definition) is 8. The number of anilines is 1. The summed E-state index contributed by atoms with van der Waals surface area (Å²) in [7, 11) is 0. The van der Waals surface area contributed by atoms with Gasteiger partial charge >= 0.3 is 6.09 Å². The molecule has 0 aromatic heterocycles. The van der Waals surface area contributed by atoms with E-state index in [4.69, 9.17) is 4.74 Å². The van der Waals surface area contributed by atoms with Gasteiger partial charge in [-0.15, -0.1) is 0 Å². The van der Waals surface area contributed by atoms with Crippen LogP contribution in [0.2, 0.25) is 0 Å². The Labute approximate surface area is 235 Å². The van der Waals surface area contributed by atoms with Crippen molar-refractivity contribution < 1.29 is 28.9 Å². The standard InChI is InChI=1S/C29H44FN5O5/c1-28(2,3)40-27(39)35-13-11-29(12-14-35)10-9-22(29)34-17-15-33(16-18-34)21-6-4-5-19(24(21)30)25(37)31-20-7-8-23(36)32-26(20)38/h4-6,20,22-23,26,32,36,38H,7-18H2,1-3H3,(H,31,37). The van der Waals surface area contributed by atoms with Crippen molar-refractivity contribution in [2.45, 2.75) is 89.4 Å². The van der Waals surface area contributed by atoms with E-state index in [1.54, 1.807) is 12.1 Å². The quantitative estimate of drug-likeness (QED) is 0.442. The number of ether oxygens (including phenoxy) is 1. The summed E-state index contributed by atoms with van der Waals surface area (Å²) in [4.78, 5) is 31.8. The highest BCUT2D eigenvalue weighted by atomic mass is 19.1. The predicted octanol–water partition coefficient (Wildman–Crippen LogP) is 2.25. The van der Waals surface area contributed by atoms with Gasteiger partial charge in [0.25, 0.3) is 5.91 Å². The minimum absolute atomic E-state index is 0.0482. The van der Waals surface area contributed by atoms with Gasteiger partial charge in [0.1, 0.15) is 18.1 Å². The second-order valence-electron chi connectivity index (χ2n) is 12.8. The molecule has 3 saturated heterocycles. The number of carbonyl (C=O) groups is 2. The van der Waals surface area contributed by atoms with Gasteiger partial charge in [-0.3, -0.25) is 15.0 Å². The van der Waals surface area contributed by atoms with Gasteiger partial charge in [0.15, 0.2) is 5.82 Å². The lowest BCUT2D eigenvalue weighted by Crippen LogP contribution is -2.63. The number of likely N-dealkylation sites (tertiary alicyclic amines) is 1. The zero-order valence-corrected chi connectivity index (χ0v) is 23.9. The average molecular weight is 562 g/mol. The van der Waals surface area contributed by atoms with Gasteiger partial charge in [0.2, 0.25) is 0 Å². The number of piperazine rings is 1. The van der Waals surface area contributed by atoms with E-state index in [9.17, 15) is 19.8 Å². The molecule has 2 amide bonds. The predicted molar refractivity (Wildman–Crippen MR) is 148 cm³/mol. The van der Waals surface area contributed by atoms with Crippen LogP contribution in [0, 0.1) is 11.2 Å². The van der Waals surface area contributed by atoms with Crippen LogP contribution >= 0.6 is 0 Å². The number of amides is 2. The minimum Gasteiger partial charge on any atom is -0.444 e. The summed E-state index contributed by atoms with van der Waals surface area (Å²) in [6.45, 7) is 10.1. The Morgan fingerprint density at radius 2 is 1.73 bits per heavy atom. The van der Waals surface area contributed by atoms with Gasteiger partial charge in [-0.2, -0.15) is 0 Å². The van der Waals surface area contributed by atoms with Gasteiger partial charge in [-0.25, -0.2) is 9.18 Å². The average Bonchev–Trinajstić information content (AvgIpc) is 2.89. The third-order valence-electron chi connectivity index (χ3n) is 9.16. The molecule has 40 heavy (non-hydrogen) atoms. The largest absolute Gasteiger partial charge is 0.444 e. The molecule has 4 N–H and O–H groups in total. The zero-order valence-electron chi connectivity index (χ0n) is 23.9. The van der Waals surface area contributed by atoms with E-state index >= 15 is 4.39 Å². The smallest absolute Gasteiger partial charge is 0.410 e. The molecule has 3 aliphatic heterocycles. The van der Waals surface area contributed by atoms with Gasteiger partial charge in [0, 0.05) is 45.3 Å². The number of piperidine rings is 2. The third-order valence-corrected chi connectivity index (χ3v) is 9.16. The van der Waals surface area contributed by atoms with Gasteiger partial charge in [0.05, 0.1) is 17.3 Å². The first-order valence-electron chi connectivity index (χ1n) is 14.6. The lowest BCUT2D eigenvalue weighted by molar-refractivity contribution is -0.0716. The maximum absolute atomic E-state index is 15.6. The number of aliphatic hydroxyl groups excluding tert-OH is 2. The molecule has 10 nitrogen and oxygen atoms in total. The van der Waals surface area contributed by atoms with Crippen molar-refractivity contribution in [3.8, 4) is 0 Å². The zero-order chi connectivity index (χ0) is 28.7. The Morgan fingerprint density at radius 1 is 1.02 bits per heavy atom. The normalized spacial score (nSPS) is 29.1. The Bertz CT molecular complexity index is 1080. The molecule has 1 aromatic rings. The van der Waals surface area contributed by atoms with Crippen LogP contribution < -0.4 is 15.5 Å². The number of carbonyl (C=O) groups excluding carboxylic acids is 2. The fourth-order valence-corrected chi connectivity index (χ4v) is 6.80. The van der Waals surface area contributed by atoms with Crippen molar-refractivity contribution in [1.29, 1.82) is 0 Å². The number of benzene rings is 1. The summed E-state index contributed by atoms with van der Waals surface area (Å²) in [5, 5.41) is 25.0. The Morgan fingerprint density at radius 3 is 2.33 bits per heavy atom. The van der Waals surface area contributed by atoms with Crippen molar-refractivity contribution >= 4 is 17.7 Å². The topological polar surface area (TPSA) is 118 Å². The van der Waals surface area contributed by atoms with E-state index < -0.39 is 35.8 Å². The summed E-state index contributed by atoms with van der Waals surface area (Å²) >= 11 is 0.